The van der Waals surface area contributed by atoms with Gasteiger partial charge >= 0.3 is 0 Å². The van der Waals surface area contributed by atoms with Crippen molar-refractivity contribution in [1.29, 1.82) is 0 Å². The van der Waals surface area contributed by atoms with Crippen molar-refractivity contribution in [2.24, 2.45) is 0 Å². The highest BCUT2D eigenvalue weighted by atomic mass is 32.2. The van der Waals surface area contributed by atoms with E-state index in [0.717, 1.165) is 6.04 Å². The summed E-state index contributed by atoms with van der Waals surface area (Å²) in [5, 5.41) is 0. The summed E-state index contributed by atoms with van der Waals surface area (Å²) in [6.07, 6.45) is 2.79. The highest BCUT2D eigenvalue weighted by molar-refractivity contribution is 7.97. The first-order chi connectivity index (χ1) is 3.43. The lowest BCUT2D eigenvalue weighted by molar-refractivity contribution is 0.970. The second-order valence-electron chi connectivity index (χ2n) is 1.83. The molecule has 1 fully saturated rings. The molecule has 0 amide bonds. The second kappa shape index (κ2) is 2.58. The molecule has 0 radical (unpaired) electrons. The molecule has 1 nitrogen and oxygen atoms in total. The van der Waals surface area contributed by atoms with E-state index in [1.54, 1.807) is 0 Å². The number of hydrogen-bond acceptors (Lipinski definition) is 2. The maximum absolute atomic E-state index is 3.32. The van der Waals surface area contributed by atoms with Crippen LogP contribution in [0.25, 0.3) is 0 Å². The van der Waals surface area contributed by atoms with Gasteiger partial charge < -0.3 is 0 Å². The summed E-state index contributed by atoms with van der Waals surface area (Å²) in [5.74, 6) is 1.19. The first kappa shape index (κ1) is 5.45. The van der Waals surface area contributed by atoms with Crippen LogP contribution in [0.4, 0.5) is 0 Å². The Morgan fingerprint density at radius 3 is 2.86 bits per heavy atom. The van der Waals surface area contributed by atoms with Gasteiger partial charge in [0.05, 0.1) is 0 Å². The Balaban J connectivity index is 1.80. The van der Waals surface area contributed by atoms with Crippen molar-refractivity contribution >= 4 is 11.9 Å². The summed E-state index contributed by atoms with van der Waals surface area (Å²) in [6.45, 7) is 2.17. The lowest BCUT2D eigenvalue weighted by Crippen LogP contribution is -2.04. The molecule has 0 atom stereocenters. The average molecular weight is 117 g/mol. The highest BCUT2D eigenvalue weighted by Crippen LogP contribution is 2.20. The minimum Gasteiger partial charge on any atom is -0.261 e. The van der Waals surface area contributed by atoms with Crippen LogP contribution in [0.1, 0.15) is 19.8 Å². The second-order valence-corrected chi connectivity index (χ2v) is 2.93. The van der Waals surface area contributed by atoms with Crippen LogP contribution in [0.15, 0.2) is 0 Å². The van der Waals surface area contributed by atoms with Gasteiger partial charge in [0, 0.05) is 11.8 Å². The monoisotopic (exact) mass is 117 g/mol. The van der Waals surface area contributed by atoms with Gasteiger partial charge in [-0.1, -0.05) is 18.9 Å². The average Bonchev–Trinajstić information content (AvgIpc) is 2.42. The van der Waals surface area contributed by atoms with Crippen LogP contribution >= 0.6 is 11.9 Å². The molecule has 0 aromatic rings. The van der Waals surface area contributed by atoms with E-state index in [0.29, 0.717) is 0 Å². The van der Waals surface area contributed by atoms with Gasteiger partial charge in [-0.05, 0) is 12.8 Å². The molecule has 42 valence electrons. The molecule has 2 heteroatoms. The maximum atomic E-state index is 3.32. The van der Waals surface area contributed by atoms with Gasteiger partial charge in [0.15, 0.2) is 0 Å². The van der Waals surface area contributed by atoms with E-state index in [9.17, 15) is 0 Å². The molecule has 1 N–H and O–H groups in total. The summed E-state index contributed by atoms with van der Waals surface area (Å²) >= 11 is 1.83. The SMILES string of the molecule is CCSNC1CC1. The quantitative estimate of drug-likeness (QED) is 0.561. The summed E-state index contributed by atoms with van der Waals surface area (Å²) in [7, 11) is 0. The van der Waals surface area contributed by atoms with Crippen molar-refractivity contribution in [2.45, 2.75) is 25.8 Å². The number of rotatable bonds is 3. The Bertz CT molecular complexity index is 52.0. The largest absolute Gasteiger partial charge is 0.261 e. The topological polar surface area (TPSA) is 12.0 Å². The van der Waals surface area contributed by atoms with Crippen molar-refractivity contribution in [3.63, 3.8) is 0 Å². The molecule has 1 aliphatic rings. The van der Waals surface area contributed by atoms with E-state index in [2.05, 4.69) is 11.6 Å². The predicted octanol–water partition coefficient (Wildman–Crippen LogP) is 1.41. The lowest BCUT2D eigenvalue weighted by atomic mass is 10.8. The van der Waals surface area contributed by atoms with Crippen LogP contribution in [0.2, 0.25) is 0 Å². The molecular formula is C5H11NS. The van der Waals surface area contributed by atoms with Crippen LogP contribution < -0.4 is 4.72 Å². The van der Waals surface area contributed by atoms with Crippen molar-refractivity contribution in [2.75, 3.05) is 5.75 Å². The number of nitrogens with one attached hydrogen (secondary N) is 1. The molecule has 0 aliphatic heterocycles. The third-order valence-corrected chi connectivity index (χ3v) is 1.76. The van der Waals surface area contributed by atoms with Crippen molar-refractivity contribution in [3.05, 3.63) is 0 Å². The zero-order valence-corrected chi connectivity index (χ0v) is 5.42. The molecule has 0 bridgehead atoms. The molecule has 1 aliphatic carbocycles. The van der Waals surface area contributed by atoms with Crippen molar-refractivity contribution in [3.8, 4) is 0 Å². The van der Waals surface area contributed by atoms with Gasteiger partial charge in [0.25, 0.3) is 0 Å². The third-order valence-electron chi connectivity index (χ3n) is 0.972. The standard InChI is InChI=1S/C5H11NS/c1-2-7-6-5-3-4-5/h5-6H,2-4H2,1H3. The molecule has 0 aromatic carbocycles. The first-order valence-corrected chi connectivity index (χ1v) is 3.79. The molecule has 0 heterocycles. The van der Waals surface area contributed by atoms with Crippen LogP contribution in [0.3, 0.4) is 0 Å². The first-order valence-electron chi connectivity index (χ1n) is 2.81. The molecule has 0 unspecified atom stereocenters. The molecule has 0 spiro atoms. The fourth-order valence-corrected chi connectivity index (χ4v) is 1.04. The van der Waals surface area contributed by atoms with Crippen LogP contribution in [-0.4, -0.2) is 11.8 Å². The predicted molar refractivity (Wildman–Crippen MR) is 34.3 cm³/mol. The van der Waals surface area contributed by atoms with Gasteiger partial charge in [0.2, 0.25) is 0 Å². The summed E-state index contributed by atoms with van der Waals surface area (Å²) in [6, 6.07) is 0.866. The maximum Gasteiger partial charge on any atom is 0.0173 e. The van der Waals surface area contributed by atoms with E-state index in [4.69, 9.17) is 0 Å². The van der Waals surface area contributed by atoms with Crippen LogP contribution in [0.5, 0.6) is 0 Å². The van der Waals surface area contributed by atoms with Gasteiger partial charge in [-0.2, -0.15) is 0 Å². The zero-order chi connectivity index (χ0) is 5.11. The normalized spacial score (nSPS) is 20.1. The summed E-state index contributed by atoms with van der Waals surface area (Å²) < 4.78 is 3.32. The molecule has 0 aromatic heterocycles. The van der Waals surface area contributed by atoms with Gasteiger partial charge in [-0.25, -0.2) is 0 Å². The Morgan fingerprint density at radius 1 is 1.71 bits per heavy atom. The summed E-state index contributed by atoms with van der Waals surface area (Å²) in [5.41, 5.74) is 0. The van der Waals surface area contributed by atoms with E-state index < -0.39 is 0 Å². The van der Waals surface area contributed by atoms with E-state index >= 15 is 0 Å². The molecule has 1 rings (SSSR count). The lowest BCUT2D eigenvalue weighted by Gasteiger charge is -1.93. The Morgan fingerprint density at radius 2 is 2.43 bits per heavy atom. The van der Waals surface area contributed by atoms with E-state index in [1.807, 2.05) is 11.9 Å². The molecule has 0 saturated heterocycles. The Labute approximate surface area is 49.0 Å². The van der Waals surface area contributed by atoms with Gasteiger partial charge in [-0.3, -0.25) is 4.72 Å². The Hall–Kier alpha value is 0.310. The van der Waals surface area contributed by atoms with Gasteiger partial charge in [-0.15, -0.1) is 0 Å². The van der Waals surface area contributed by atoms with Crippen molar-refractivity contribution in [1.82, 2.24) is 4.72 Å². The zero-order valence-electron chi connectivity index (χ0n) is 4.61. The highest BCUT2D eigenvalue weighted by Gasteiger charge is 2.19. The van der Waals surface area contributed by atoms with Gasteiger partial charge in [0.1, 0.15) is 0 Å². The van der Waals surface area contributed by atoms with Crippen molar-refractivity contribution < 1.29 is 0 Å². The molecule has 7 heavy (non-hydrogen) atoms. The van der Waals surface area contributed by atoms with E-state index in [1.165, 1.54) is 18.6 Å². The molecule has 1 saturated carbocycles. The van der Waals surface area contributed by atoms with Crippen LogP contribution in [0, 0.1) is 0 Å². The fourth-order valence-electron chi connectivity index (χ4n) is 0.402. The minimum absolute atomic E-state index is 0.866. The Kier molecular flexibility index (Phi) is 2.00. The third kappa shape index (κ3) is 2.19. The van der Waals surface area contributed by atoms with Crippen LogP contribution in [-0.2, 0) is 0 Å². The molecular weight excluding hydrogens is 106 g/mol. The summed E-state index contributed by atoms with van der Waals surface area (Å²) in [4.78, 5) is 0. The minimum atomic E-state index is 0.866. The smallest absolute Gasteiger partial charge is 0.0173 e. The number of hydrogen-bond donors (Lipinski definition) is 1. The fraction of sp³-hybridized carbons (Fsp3) is 1.00. The van der Waals surface area contributed by atoms with E-state index in [-0.39, 0.29) is 0 Å².